The van der Waals surface area contributed by atoms with E-state index in [4.69, 9.17) is 18.9 Å². The Morgan fingerprint density at radius 2 is 1.48 bits per heavy atom. The van der Waals surface area contributed by atoms with Gasteiger partial charge in [0.25, 0.3) is 5.56 Å². The molecule has 13 nitrogen and oxygen atoms in total. The zero-order chi connectivity index (χ0) is 40.8. The first kappa shape index (κ1) is 40.8. The number of nitrogens with zero attached hydrogens (tertiary/aromatic N) is 3. The molecule has 1 amide bonds. The number of carbonyl (C=O) groups is 1. The number of hydrogen-bond donors (Lipinski definition) is 4. The van der Waals surface area contributed by atoms with E-state index in [0.29, 0.717) is 17.3 Å². The molecule has 3 heterocycles. The number of fused-ring (bicyclic) bond motifs is 1. The van der Waals surface area contributed by atoms with Crippen LogP contribution in [-0.2, 0) is 19.9 Å². The zero-order valence-electron chi connectivity index (χ0n) is 33.7. The molecule has 0 radical (unpaired) electrons. The topological polar surface area (TPSA) is 170 Å². The van der Waals surface area contributed by atoms with E-state index in [9.17, 15) is 19.8 Å². The van der Waals surface area contributed by atoms with Gasteiger partial charge in [-0.05, 0) is 52.9 Å². The molecule has 4 atom stereocenters. The number of aromatic nitrogens is 4. The molecule has 0 unspecified atom stereocenters. The number of rotatable bonds is 12. The summed E-state index contributed by atoms with van der Waals surface area (Å²) < 4.78 is 26.6. The van der Waals surface area contributed by atoms with Crippen molar-refractivity contribution >= 4 is 31.1 Å². The summed E-state index contributed by atoms with van der Waals surface area (Å²) in [5.41, 5.74) is 0.681. The van der Waals surface area contributed by atoms with Gasteiger partial charge in [-0.1, -0.05) is 102 Å². The number of imidazole rings is 1. The highest BCUT2D eigenvalue weighted by Gasteiger charge is 2.67. The Labute approximate surface area is 328 Å². The maximum Gasteiger partial charge on any atom is 0.280 e. The molecule has 56 heavy (non-hydrogen) atoms. The number of benzene rings is 3. The van der Waals surface area contributed by atoms with Crippen molar-refractivity contribution in [1.29, 1.82) is 0 Å². The number of hydrogen-bond acceptors (Lipinski definition) is 10. The third-order valence-corrected chi connectivity index (χ3v) is 18.0. The number of aromatic amines is 1. The number of aliphatic hydroxyl groups is 2. The number of H-pyrrole nitrogens is 1. The third-order valence-electron chi connectivity index (χ3n) is 11.7. The molecular weight excluding hydrogens is 731 g/mol. The molecule has 5 aromatic rings. The minimum atomic E-state index is -3.02. The molecule has 1 aliphatic rings. The summed E-state index contributed by atoms with van der Waals surface area (Å²) in [6.07, 6.45) is -3.77. The Hall–Kier alpha value is -4.86. The van der Waals surface area contributed by atoms with Crippen molar-refractivity contribution < 1.29 is 34.0 Å². The van der Waals surface area contributed by atoms with E-state index < -0.39 is 47.9 Å². The van der Waals surface area contributed by atoms with E-state index in [0.717, 1.165) is 16.7 Å². The number of carbonyl (C=O) groups excluding carboxylic acids is 1. The third kappa shape index (κ3) is 6.83. The van der Waals surface area contributed by atoms with Gasteiger partial charge in [0.1, 0.15) is 40.4 Å². The maximum absolute atomic E-state index is 13.4. The lowest BCUT2D eigenvalue weighted by atomic mass is 9.80. The molecule has 0 saturated carbocycles. The molecule has 3 aromatic carbocycles. The maximum atomic E-state index is 13.4. The molecule has 0 spiro atoms. The van der Waals surface area contributed by atoms with E-state index in [-0.39, 0.29) is 35.5 Å². The lowest BCUT2D eigenvalue weighted by Crippen LogP contribution is -2.67. The van der Waals surface area contributed by atoms with Crippen molar-refractivity contribution in [1.82, 2.24) is 19.5 Å². The number of methoxy groups -OCH3 is 2. The summed E-state index contributed by atoms with van der Waals surface area (Å²) in [5.74, 6) is 0.890. The highest BCUT2D eigenvalue weighted by Crippen LogP contribution is 2.54. The van der Waals surface area contributed by atoms with Gasteiger partial charge in [-0.3, -0.25) is 24.5 Å². The predicted octanol–water partition coefficient (Wildman–Crippen LogP) is 6.09. The summed E-state index contributed by atoms with van der Waals surface area (Å²) in [6, 6.07) is 25.0. The van der Waals surface area contributed by atoms with Gasteiger partial charge in [-0.15, -0.1) is 0 Å². The Morgan fingerprint density at radius 1 is 0.946 bits per heavy atom. The average Bonchev–Trinajstić information content (AvgIpc) is 3.64. The van der Waals surface area contributed by atoms with Crippen LogP contribution in [0, 0.1) is 12.8 Å². The molecule has 4 N–H and O–H groups in total. The van der Waals surface area contributed by atoms with Gasteiger partial charge < -0.3 is 29.2 Å². The van der Waals surface area contributed by atoms with E-state index in [1.54, 1.807) is 39.6 Å². The molecule has 6 rings (SSSR count). The number of nitrogens with one attached hydrogen (secondary N) is 2. The van der Waals surface area contributed by atoms with Crippen molar-refractivity contribution in [2.75, 3.05) is 26.1 Å². The number of aryl methyl sites for hydroxylation is 1. The van der Waals surface area contributed by atoms with Crippen LogP contribution in [-0.4, -0.2) is 82.0 Å². The van der Waals surface area contributed by atoms with Crippen LogP contribution in [0.4, 0.5) is 5.95 Å². The number of anilines is 1. The van der Waals surface area contributed by atoms with Crippen molar-refractivity contribution in [3.8, 4) is 11.5 Å². The first-order valence-corrected chi connectivity index (χ1v) is 21.7. The van der Waals surface area contributed by atoms with Crippen molar-refractivity contribution in [3.05, 3.63) is 112 Å². The van der Waals surface area contributed by atoms with Crippen LogP contribution in [0.1, 0.15) is 63.4 Å². The largest absolute Gasteiger partial charge is 0.497 e. The van der Waals surface area contributed by atoms with Gasteiger partial charge in [0.05, 0.1) is 28.9 Å². The fourth-order valence-corrected chi connectivity index (χ4v) is 10.4. The van der Waals surface area contributed by atoms with Crippen LogP contribution in [0.2, 0.25) is 18.1 Å². The Morgan fingerprint density at radius 3 is 1.98 bits per heavy atom. The molecule has 298 valence electrons. The van der Waals surface area contributed by atoms with Gasteiger partial charge >= 0.3 is 0 Å². The van der Waals surface area contributed by atoms with E-state index >= 15 is 0 Å². The van der Waals surface area contributed by atoms with Crippen LogP contribution >= 0.6 is 0 Å². The van der Waals surface area contributed by atoms with Crippen molar-refractivity contribution in [3.63, 3.8) is 0 Å². The fraction of sp³-hybridized carbons (Fsp3) is 0.429. The first-order valence-electron chi connectivity index (χ1n) is 18.7. The van der Waals surface area contributed by atoms with Crippen molar-refractivity contribution in [2.24, 2.45) is 5.92 Å². The van der Waals surface area contributed by atoms with Crippen LogP contribution in [0.5, 0.6) is 11.5 Å². The summed E-state index contributed by atoms with van der Waals surface area (Å²) in [7, 11) is 0.196. The minimum absolute atomic E-state index is 0.00234. The highest BCUT2D eigenvalue weighted by molar-refractivity contribution is 6.83. The average molecular weight is 784 g/mol. The second kappa shape index (κ2) is 15.2. The highest BCUT2D eigenvalue weighted by atomic mass is 28.3. The molecule has 1 fully saturated rings. The summed E-state index contributed by atoms with van der Waals surface area (Å²) in [6.45, 7) is 15.1. The summed E-state index contributed by atoms with van der Waals surface area (Å²) >= 11 is 0. The second-order valence-electron chi connectivity index (χ2n) is 16.2. The van der Waals surface area contributed by atoms with E-state index in [2.05, 4.69) is 20.3 Å². The van der Waals surface area contributed by atoms with Gasteiger partial charge in [0.2, 0.25) is 11.9 Å². The van der Waals surface area contributed by atoms with Crippen LogP contribution in [0.15, 0.2) is 83.7 Å². The fourth-order valence-electron chi connectivity index (χ4n) is 7.42. The molecule has 0 aliphatic carbocycles. The van der Waals surface area contributed by atoms with Gasteiger partial charge in [0, 0.05) is 5.92 Å². The van der Waals surface area contributed by atoms with Crippen LogP contribution < -0.4 is 20.3 Å². The lowest BCUT2D eigenvalue weighted by Gasteiger charge is -2.50. The van der Waals surface area contributed by atoms with E-state index in [1.807, 2.05) is 113 Å². The monoisotopic (exact) mass is 783 g/mol. The van der Waals surface area contributed by atoms with Crippen LogP contribution in [0.25, 0.3) is 11.2 Å². The number of aliphatic hydroxyl groups excluding tert-OH is 1. The molecular formula is C42H53N5O8Si. The quantitative estimate of drug-likeness (QED) is 0.0859. The van der Waals surface area contributed by atoms with Crippen LogP contribution in [0.3, 0.4) is 0 Å². The predicted molar refractivity (Wildman–Crippen MR) is 217 cm³/mol. The van der Waals surface area contributed by atoms with Crippen molar-refractivity contribution in [2.45, 2.75) is 88.9 Å². The molecule has 14 heteroatoms. The van der Waals surface area contributed by atoms with Gasteiger partial charge in [-0.2, -0.15) is 4.98 Å². The lowest BCUT2D eigenvalue weighted by molar-refractivity contribution is -0.118. The Bertz CT molecular complexity index is 2180. The minimum Gasteiger partial charge on any atom is -0.497 e. The first-order chi connectivity index (χ1) is 26.4. The normalized spacial score (nSPS) is 20.4. The number of amides is 1. The SMILES string of the molecule is COc1ccc(C(OC[C@H]2O[C@@H](n3c(C)nc4c(=O)[nH]c(NC(=O)C(C)C)nc43)[C@@](O)([Si](C)(C)C(C)(C)C)[C@@H]2O)(c2ccccc2)c2ccc(OC)cc2)cc1. The standard InChI is InChI=1S/C42H53N5O8Si/c1-25(2)36(49)45-39-44-35-33(37(50)46-39)43-26(3)47(35)38-42(51,56(9,10)40(4,5)6)34(48)32(55-38)24-54-41(27-14-12-11-13-15-27,28-16-20-30(52-7)21-17-28)29-18-22-31(53-8)23-19-29/h11-23,25,32,34,38,48,51H,24H2,1-10H3,(H2,44,45,46,49,50)/t32-,34-,38-,42+/m1/s1. The van der Waals surface area contributed by atoms with E-state index in [1.165, 1.54) is 0 Å². The smallest absolute Gasteiger partial charge is 0.280 e. The zero-order valence-corrected chi connectivity index (χ0v) is 34.7. The molecule has 1 saturated heterocycles. The number of ether oxygens (including phenoxy) is 4. The second-order valence-corrected chi connectivity index (χ2v) is 21.8. The molecule has 0 bridgehead atoms. The Balaban J connectivity index is 1.51. The Kier molecular flexibility index (Phi) is 11.1. The molecule has 2 aromatic heterocycles. The summed E-state index contributed by atoms with van der Waals surface area (Å²) in [5, 5.41) is 26.1. The summed E-state index contributed by atoms with van der Waals surface area (Å²) in [4.78, 5) is 37.8. The van der Waals surface area contributed by atoms with Gasteiger partial charge in [-0.25, -0.2) is 4.98 Å². The van der Waals surface area contributed by atoms with Gasteiger partial charge in [0.15, 0.2) is 17.4 Å². The molecule has 1 aliphatic heterocycles.